The summed E-state index contributed by atoms with van der Waals surface area (Å²) in [5, 5.41) is 2.40. The van der Waals surface area contributed by atoms with Gasteiger partial charge in [0.2, 0.25) is 11.0 Å². The number of hydrogen-bond donors (Lipinski definition) is 0. The molecule has 132 valence electrons. The molecular weight excluding hydrogens is 326 g/mol. The van der Waals surface area contributed by atoms with Crippen molar-refractivity contribution in [1.29, 1.82) is 0 Å². The summed E-state index contributed by atoms with van der Waals surface area (Å²) < 4.78 is 2.25. The van der Waals surface area contributed by atoms with Crippen molar-refractivity contribution in [2.24, 2.45) is 7.05 Å². The Morgan fingerprint density at radius 2 is 1.33 bits per heavy atom. The highest BCUT2D eigenvalue weighted by atomic mass is 14.9. The van der Waals surface area contributed by atoms with E-state index in [1.165, 1.54) is 40.2 Å². The predicted molar refractivity (Wildman–Crippen MR) is 114 cm³/mol. The Labute approximate surface area is 161 Å². The molecule has 1 heterocycles. The summed E-state index contributed by atoms with van der Waals surface area (Å²) >= 11 is 0. The van der Waals surface area contributed by atoms with E-state index in [0.29, 0.717) is 0 Å². The van der Waals surface area contributed by atoms with Crippen molar-refractivity contribution in [3.8, 4) is 11.8 Å². The van der Waals surface area contributed by atoms with Crippen LogP contribution < -0.4 is 4.57 Å². The van der Waals surface area contributed by atoms with Gasteiger partial charge in [-0.2, -0.15) is 4.57 Å². The first-order valence-corrected chi connectivity index (χ1v) is 9.68. The molecule has 0 fully saturated rings. The molecule has 3 aromatic carbocycles. The number of nitrogens with zero attached hydrogens (tertiary/aromatic N) is 1. The standard InChI is InChI=1S/C26H24N/c1-3-4-9-20-14-16-21(17-15-20)18-19-22-23-10-5-7-12-25(23)27(2)26-13-8-6-11-24(22)26/h5-8,10-17H,3-4,9H2,1-2H3/q+1. The van der Waals surface area contributed by atoms with E-state index < -0.39 is 0 Å². The van der Waals surface area contributed by atoms with Crippen LogP contribution in [0.4, 0.5) is 0 Å². The number of para-hydroxylation sites is 2. The summed E-state index contributed by atoms with van der Waals surface area (Å²) in [5.74, 6) is 6.86. The first kappa shape index (κ1) is 17.3. The van der Waals surface area contributed by atoms with Crippen LogP contribution in [-0.2, 0) is 13.5 Å². The minimum atomic E-state index is 1.07. The molecule has 0 amide bonds. The molecule has 0 aliphatic rings. The number of benzene rings is 3. The zero-order valence-electron chi connectivity index (χ0n) is 16.0. The molecule has 27 heavy (non-hydrogen) atoms. The summed E-state index contributed by atoms with van der Waals surface area (Å²) in [5.41, 5.74) is 5.97. The molecule has 0 N–H and O–H groups in total. The second kappa shape index (κ2) is 7.64. The second-order valence-corrected chi connectivity index (χ2v) is 7.02. The van der Waals surface area contributed by atoms with Crippen molar-refractivity contribution >= 4 is 21.8 Å². The SMILES string of the molecule is CCCCc1ccc(C#Cc2c3ccccc3[n+](C)c3ccccc23)cc1. The van der Waals surface area contributed by atoms with Gasteiger partial charge in [0.25, 0.3) is 0 Å². The van der Waals surface area contributed by atoms with Crippen LogP contribution >= 0.6 is 0 Å². The Bertz CT molecular complexity index is 1100. The van der Waals surface area contributed by atoms with Gasteiger partial charge in [-0.05, 0) is 42.7 Å². The average molecular weight is 350 g/mol. The van der Waals surface area contributed by atoms with Gasteiger partial charge < -0.3 is 0 Å². The summed E-state index contributed by atoms with van der Waals surface area (Å²) in [6.45, 7) is 2.23. The maximum atomic E-state index is 3.47. The van der Waals surface area contributed by atoms with Gasteiger partial charge in [-0.1, -0.05) is 61.6 Å². The second-order valence-electron chi connectivity index (χ2n) is 7.02. The zero-order chi connectivity index (χ0) is 18.6. The molecule has 0 aliphatic heterocycles. The van der Waals surface area contributed by atoms with E-state index in [9.17, 15) is 0 Å². The molecule has 1 nitrogen and oxygen atoms in total. The lowest BCUT2D eigenvalue weighted by atomic mass is 10.0. The smallest absolute Gasteiger partial charge is 0.194 e. The predicted octanol–water partition coefficient (Wildman–Crippen LogP) is 5.56. The summed E-state index contributed by atoms with van der Waals surface area (Å²) in [4.78, 5) is 0. The number of aromatic nitrogens is 1. The largest absolute Gasteiger partial charge is 0.214 e. The Morgan fingerprint density at radius 1 is 0.741 bits per heavy atom. The van der Waals surface area contributed by atoms with Crippen LogP contribution in [0.25, 0.3) is 21.8 Å². The van der Waals surface area contributed by atoms with Gasteiger partial charge in [-0.3, -0.25) is 0 Å². The molecule has 4 rings (SSSR count). The van der Waals surface area contributed by atoms with Gasteiger partial charge in [0.1, 0.15) is 7.05 Å². The number of pyridine rings is 1. The molecule has 1 aromatic heterocycles. The van der Waals surface area contributed by atoms with Crippen molar-refractivity contribution < 1.29 is 4.57 Å². The molecule has 0 radical (unpaired) electrons. The van der Waals surface area contributed by atoms with Crippen LogP contribution in [0.3, 0.4) is 0 Å². The third-order valence-electron chi connectivity index (χ3n) is 5.17. The molecular formula is C26H24N+. The third-order valence-corrected chi connectivity index (χ3v) is 5.17. The Morgan fingerprint density at radius 3 is 1.93 bits per heavy atom. The summed E-state index contributed by atoms with van der Waals surface area (Å²) in [6, 6.07) is 25.7. The Hall–Kier alpha value is -3.11. The van der Waals surface area contributed by atoms with Crippen LogP contribution in [0, 0.1) is 11.8 Å². The van der Waals surface area contributed by atoms with E-state index in [2.05, 4.69) is 103 Å². The minimum Gasteiger partial charge on any atom is -0.194 e. The topological polar surface area (TPSA) is 3.88 Å². The molecule has 0 spiro atoms. The number of aryl methyl sites for hydroxylation is 2. The van der Waals surface area contributed by atoms with Crippen LogP contribution in [0.15, 0.2) is 72.8 Å². The highest BCUT2D eigenvalue weighted by molar-refractivity contribution is 5.97. The van der Waals surface area contributed by atoms with Gasteiger partial charge in [-0.15, -0.1) is 0 Å². The Balaban J connectivity index is 1.82. The number of hydrogen-bond acceptors (Lipinski definition) is 0. The maximum Gasteiger partial charge on any atom is 0.214 e. The van der Waals surface area contributed by atoms with Crippen LogP contribution in [-0.4, -0.2) is 0 Å². The van der Waals surface area contributed by atoms with Crippen molar-refractivity contribution in [2.75, 3.05) is 0 Å². The fourth-order valence-electron chi connectivity index (χ4n) is 3.63. The van der Waals surface area contributed by atoms with Crippen molar-refractivity contribution in [2.45, 2.75) is 26.2 Å². The van der Waals surface area contributed by atoms with Gasteiger partial charge in [0.15, 0.2) is 0 Å². The molecule has 4 aromatic rings. The molecule has 0 aliphatic carbocycles. The van der Waals surface area contributed by atoms with E-state index in [1.54, 1.807) is 0 Å². The lowest BCUT2D eigenvalue weighted by molar-refractivity contribution is -0.617. The fourth-order valence-corrected chi connectivity index (χ4v) is 3.63. The maximum absolute atomic E-state index is 3.47. The van der Waals surface area contributed by atoms with Gasteiger partial charge >= 0.3 is 0 Å². The lowest BCUT2D eigenvalue weighted by Crippen LogP contribution is -2.30. The monoisotopic (exact) mass is 350 g/mol. The summed E-state index contributed by atoms with van der Waals surface area (Å²) in [7, 11) is 2.12. The van der Waals surface area contributed by atoms with E-state index in [4.69, 9.17) is 0 Å². The van der Waals surface area contributed by atoms with Gasteiger partial charge in [0, 0.05) is 17.7 Å². The van der Waals surface area contributed by atoms with Gasteiger partial charge in [0.05, 0.1) is 16.3 Å². The van der Waals surface area contributed by atoms with E-state index in [-0.39, 0.29) is 0 Å². The van der Waals surface area contributed by atoms with E-state index >= 15 is 0 Å². The highest BCUT2D eigenvalue weighted by Gasteiger charge is 2.15. The van der Waals surface area contributed by atoms with Crippen LogP contribution in [0.2, 0.25) is 0 Å². The quantitative estimate of drug-likeness (QED) is 0.259. The molecule has 0 saturated carbocycles. The third kappa shape index (κ3) is 3.44. The lowest BCUT2D eigenvalue weighted by Gasteiger charge is -2.05. The zero-order valence-corrected chi connectivity index (χ0v) is 16.0. The fraction of sp³-hybridized carbons (Fsp3) is 0.192. The van der Waals surface area contributed by atoms with Crippen LogP contribution in [0.5, 0.6) is 0 Å². The molecule has 0 unspecified atom stereocenters. The number of fused-ring (bicyclic) bond motifs is 2. The highest BCUT2D eigenvalue weighted by Crippen LogP contribution is 2.23. The van der Waals surface area contributed by atoms with Crippen molar-refractivity contribution in [3.05, 3.63) is 89.5 Å². The number of rotatable bonds is 3. The van der Waals surface area contributed by atoms with Gasteiger partial charge in [-0.25, -0.2) is 0 Å². The van der Waals surface area contributed by atoms with Crippen LogP contribution in [0.1, 0.15) is 36.5 Å². The molecule has 0 bridgehead atoms. The average Bonchev–Trinajstić information content (AvgIpc) is 2.73. The van der Waals surface area contributed by atoms with Crippen molar-refractivity contribution in [1.82, 2.24) is 0 Å². The molecule has 1 heteroatoms. The Kier molecular flexibility index (Phi) is 4.90. The molecule has 0 saturated heterocycles. The normalized spacial score (nSPS) is 10.7. The number of unbranched alkanes of at least 4 members (excludes halogenated alkanes) is 1. The minimum absolute atomic E-state index is 1.07. The van der Waals surface area contributed by atoms with E-state index in [0.717, 1.165) is 17.5 Å². The van der Waals surface area contributed by atoms with Crippen molar-refractivity contribution in [3.63, 3.8) is 0 Å². The first-order chi connectivity index (χ1) is 13.3. The summed E-state index contributed by atoms with van der Waals surface area (Å²) in [6.07, 6.45) is 3.62. The first-order valence-electron chi connectivity index (χ1n) is 9.68. The molecule has 0 atom stereocenters. The van der Waals surface area contributed by atoms with E-state index in [1.807, 2.05) is 0 Å².